The van der Waals surface area contributed by atoms with Crippen LogP contribution in [0.15, 0.2) is 24.3 Å². The fourth-order valence-corrected chi connectivity index (χ4v) is 2.83. The van der Waals surface area contributed by atoms with Crippen LogP contribution in [0.4, 0.5) is 0 Å². The van der Waals surface area contributed by atoms with Gasteiger partial charge in [0.15, 0.2) is 0 Å². The first kappa shape index (κ1) is 15.8. The molecule has 0 radical (unpaired) electrons. The summed E-state index contributed by atoms with van der Waals surface area (Å²) in [4.78, 5) is 23.8. The van der Waals surface area contributed by atoms with Crippen LogP contribution in [-0.2, 0) is 4.79 Å². The van der Waals surface area contributed by atoms with Crippen LogP contribution in [0.2, 0.25) is 5.02 Å². The quantitative estimate of drug-likeness (QED) is 0.822. The summed E-state index contributed by atoms with van der Waals surface area (Å²) >= 11 is 5.95. The standard InChI is InChI=1S/C16H21ClN2O2/c17-14-9-5-4-8-13(14)16(21)19-11-10-18-15(20)12-6-2-1-3-7-12/h4-5,8-9,12H,1-3,6-7,10-11H2,(H,18,20)(H,19,21). The monoisotopic (exact) mass is 308 g/mol. The third-order valence-electron chi connectivity index (χ3n) is 3.80. The maximum atomic E-state index is 11.9. The van der Waals surface area contributed by atoms with Gasteiger partial charge in [-0.15, -0.1) is 0 Å². The Bertz CT molecular complexity index is 499. The molecule has 0 saturated heterocycles. The van der Waals surface area contributed by atoms with Crippen molar-refractivity contribution in [2.24, 2.45) is 5.92 Å². The molecule has 2 N–H and O–H groups in total. The van der Waals surface area contributed by atoms with Crippen molar-refractivity contribution in [2.75, 3.05) is 13.1 Å². The van der Waals surface area contributed by atoms with Crippen molar-refractivity contribution in [3.05, 3.63) is 34.9 Å². The Kier molecular flexibility index (Phi) is 6.05. The number of carbonyl (C=O) groups excluding carboxylic acids is 2. The van der Waals surface area contributed by atoms with E-state index in [1.54, 1.807) is 24.3 Å². The van der Waals surface area contributed by atoms with Gasteiger partial charge >= 0.3 is 0 Å². The van der Waals surface area contributed by atoms with E-state index in [1.165, 1.54) is 6.42 Å². The first-order valence-electron chi connectivity index (χ1n) is 7.49. The van der Waals surface area contributed by atoms with E-state index in [2.05, 4.69) is 10.6 Å². The van der Waals surface area contributed by atoms with Crippen molar-refractivity contribution in [1.29, 1.82) is 0 Å². The Morgan fingerprint density at radius 3 is 2.43 bits per heavy atom. The average Bonchev–Trinajstić information content (AvgIpc) is 2.52. The zero-order valence-corrected chi connectivity index (χ0v) is 12.8. The van der Waals surface area contributed by atoms with Crippen molar-refractivity contribution >= 4 is 23.4 Å². The lowest BCUT2D eigenvalue weighted by Gasteiger charge is -2.20. The fourth-order valence-electron chi connectivity index (χ4n) is 2.61. The normalized spacial score (nSPS) is 15.5. The van der Waals surface area contributed by atoms with E-state index >= 15 is 0 Å². The van der Waals surface area contributed by atoms with Crippen LogP contribution >= 0.6 is 11.6 Å². The maximum absolute atomic E-state index is 11.9. The van der Waals surface area contributed by atoms with Gasteiger partial charge < -0.3 is 10.6 Å². The van der Waals surface area contributed by atoms with Gasteiger partial charge in [0, 0.05) is 19.0 Å². The summed E-state index contributed by atoms with van der Waals surface area (Å²) in [5.74, 6) is 0.0484. The van der Waals surface area contributed by atoms with Gasteiger partial charge in [-0.3, -0.25) is 9.59 Å². The smallest absolute Gasteiger partial charge is 0.252 e. The second kappa shape index (κ2) is 8.03. The molecular weight excluding hydrogens is 288 g/mol. The minimum absolute atomic E-state index is 0.113. The SMILES string of the molecule is O=C(NCCNC(=O)C1CCCCC1)c1ccccc1Cl. The summed E-state index contributed by atoms with van der Waals surface area (Å²) in [5, 5.41) is 6.08. The molecule has 21 heavy (non-hydrogen) atoms. The fraction of sp³-hybridized carbons (Fsp3) is 0.500. The molecule has 1 aromatic rings. The third-order valence-corrected chi connectivity index (χ3v) is 4.13. The summed E-state index contributed by atoms with van der Waals surface area (Å²) in [7, 11) is 0. The van der Waals surface area contributed by atoms with Crippen LogP contribution < -0.4 is 10.6 Å². The van der Waals surface area contributed by atoms with E-state index in [-0.39, 0.29) is 17.7 Å². The number of benzene rings is 1. The van der Waals surface area contributed by atoms with E-state index in [4.69, 9.17) is 11.6 Å². The highest BCUT2D eigenvalue weighted by Crippen LogP contribution is 2.23. The molecule has 0 heterocycles. The van der Waals surface area contributed by atoms with Crippen molar-refractivity contribution in [2.45, 2.75) is 32.1 Å². The van der Waals surface area contributed by atoms with Crippen LogP contribution in [0, 0.1) is 5.92 Å². The molecule has 2 amide bonds. The number of amides is 2. The first-order chi connectivity index (χ1) is 10.2. The van der Waals surface area contributed by atoms with Gasteiger partial charge in [0.25, 0.3) is 5.91 Å². The summed E-state index contributed by atoms with van der Waals surface area (Å²) in [6, 6.07) is 6.91. The van der Waals surface area contributed by atoms with E-state index < -0.39 is 0 Å². The molecule has 0 unspecified atom stereocenters. The highest BCUT2D eigenvalue weighted by Gasteiger charge is 2.20. The summed E-state index contributed by atoms with van der Waals surface area (Å²) in [6.07, 6.45) is 5.48. The van der Waals surface area contributed by atoms with Gasteiger partial charge in [-0.2, -0.15) is 0 Å². The Balaban J connectivity index is 1.68. The number of carbonyl (C=O) groups is 2. The summed E-state index contributed by atoms with van der Waals surface area (Å²) in [5.41, 5.74) is 0.456. The van der Waals surface area contributed by atoms with Gasteiger partial charge in [0.2, 0.25) is 5.91 Å². The Labute approximate surface area is 130 Å². The van der Waals surface area contributed by atoms with Gasteiger partial charge in [0.05, 0.1) is 10.6 Å². The second-order valence-electron chi connectivity index (χ2n) is 5.36. The Morgan fingerprint density at radius 1 is 1.05 bits per heavy atom. The van der Waals surface area contributed by atoms with E-state index in [1.807, 2.05) is 0 Å². The number of hydrogen-bond acceptors (Lipinski definition) is 2. The number of halogens is 1. The van der Waals surface area contributed by atoms with Crippen LogP contribution in [0.5, 0.6) is 0 Å². The highest BCUT2D eigenvalue weighted by atomic mass is 35.5. The van der Waals surface area contributed by atoms with Gasteiger partial charge in [-0.05, 0) is 25.0 Å². The maximum Gasteiger partial charge on any atom is 0.252 e. The lowest BCUT2D eigenvalue weighted by atomic mass is 9.89. The van der Waals surface area contributed by atoms with Crippen LogP contribution in [0.25, 0.3) is 0 Å². The zero-order chi connectivity index (χ0) is 15.1. The number of hydrogen-bond donors (Lipinski definition) is 2. The predicted molar refractivity (Wildman–Crippen MR) is 83.4 cm³/mol. The third kappa shape index (κ3) is 4.74. The molecule has 1 fully saturated rings. The molecule has 1 aliphatic rings. The molecule has 1 aliphatic carbocycles. The Morgan fingerprint density at radius 2 is 1.71 bits per heavy atom. The number of rotatable bonds is 5. The van der Waals surface area contributed by atoms with Gasteiger partial charge in [-0.25, -0.2) is 0 Å². The zero-order valence-electron chi connectivity index (χ0n) is 12.0. The largest absolute Gasteiger partial charge is 0.354 e. The van der Waals surface area contributed by atoms with E-state index in [0.717, 1.165) is 25.7 Å². The van der Waals surface area contributed by atoms with Crippen molar-refractivity contribution in [3.8, 4) is 0 Å². The number of nitrogens with one attached hydrogen (secondary N) is 2. The molecule has 5 heteroatoms. The summed E-state index contributed by atoms with van der Waals surface area (Å²) < 4.78 is 0. The highest BCUT2D eigenvalue weighted by molar-refractivity contribution is 6.33. The molecule has 1 saturated carbocycles. The van der Waals surface area contributed by atoms with Crippen molar-refractivity contribution in [1.82, 2.24) is 10.6 Å². The Hall–Kier alpha value is -1.55. The lowest BCUT2D eigenvalue weighted by Crippen LogP contribution is -2.38. The van der Waals surface area contributed by atoms with Gasteiger partial charge in [0.1, 0.15) is 0 Å². The molecule has 4 nitrogen and oxygen atoms in total. The topological polar surface area (TPSA) is 58.2 Å². The summed E-state index contributed by atoms with van der Waals surface area (Å²) in [6.45, 7) is 0.855. The molecule has 0 aliphatic heterocycles. The van der Waals surface area contributed by atoms with Crippen LogP contribution in [0.1, 0.15) is 42.5 Å². The van der Waals surface area contributed by atoms with Crippen molar-refractivity contribution < 1.29 is 9.59 Å². The van der Waals surface area contributed by atoms with Crippen LogP contribution in [0.3, 0.4) is 0 Å². The van der Waals surface area contributed by atoms with E-state index in [0.29, 0.717) is 23.7 Å². The average molecular weight is 309 g/mol. The molecule has 0 bridgehead atoms. The molecule has 114 valence electrons. The minimum Gasteiger partial charge on any atom is -0.354 e. The van der Waals surface area contributed by atoms with Crippen molar-refractivity contribution in [3.63, 3.8) is 0 Å². The molecule has 0 atom stereocenters. The van der Waals surface area contributed by atoms with E-state index in [9.17, 15) is 9.59 Å². The minimum atomic E-state index is -0.215. The molecule has 0 aromatic heterocycles. The van der Waals surface area contributed by atoms with Crippen LogP contribution in [-0.4, -0.2) is 24.9 Å². The van der Waals surface area contributed by atoms with Gasteiger partial charge in [-0.1, -0.05) is 43.0 Å². The lowest BCUT2D eigenvalue weighted by molar-refractivity contribution is -0.125. The molecule has 1 aromatic carbocycles. The molecular formula is C16H21ClN2O2. The second-order valence-corrected chi connectivity index (χ2v) is 5.77. The predicted octanol–water partition coefficient (Wildman–Crippen LogP) is 2.77. The molecule has 0 spiro atoms. The first-order valence-corrected chi connectivity index (χ1v) is 7.86. The molecule has 2 rings (SSSR count).